The van der Waals surface area contributed by atoms with E-state index in [-0.39, 0.29) is 5.56 Å². The molecule has 1 aromatic heterocycles. The summed E-state index contributed by atoms with van der Waals surface area (Å²) in [5.41, 5.74) is 2.11. The second-order valence-corrected chi connectivity index (χ2v) is 4.49. The summed E-state index contributed by atoms with van der Waals surface area (Å²) in [6, 6.07) is 15.2. The summed E-state index contributed by atoms with van der Waals surface area (Å²) in [6.45, 7) is 0.458. The van der Waals surface area contributed by atoms with Gasteiger partial charge in [0.2, 0.25) is 0 Å². The molecule has 2 N–H and O–H groups in total. The zero-order valence-electron chi connectivity index (χ0n) is 10.7. The molecule has 0 spiro atoms. The molecule has 0 atom stereocenters. The van der Waals surface area contributed by atoms with Crippen molar-refractivity contribution in [3.8, 4) is 5.75 Å². The SMILES string of the molecule is O=C(O)c1c[nH]c2ccc(OCc3ccccc3)cc12. The smallest absolute Gasteiger partial charge is 0.337 e. The molecule has 4 heteroatoms. The molecule has 4 nitrogen and oxygen atoms in total. The molecule has 0 amide bonds. The van der Waals surface area contributed by atoms with Crippen LogP contribution in [0.15, 0.2) is 54.7 Å². The number of benzene rings is 2. The standard InChI is InChI=1S/C16H13NO3/c18-16(19)14-9-17-15-7-6-12(8-13(14)15)20-10-11-4-2-1-3-5-11/h1-9,17H,10H2,(H,18,19). The summed E-state index contributed by atoms with van der Waals surface area (Å²) in [4.78, 5) is 14.0. The molecule has 0 aliphatic heterocycles. The van der Waals surface area contributed by atoms with Crippen molar-refractivity contribution in [1.29, 1.82) is 0 Å². The highest BCUT2D eigenvalue weighted by Gasteiger charge is 2.11. The molecule has 100 valence electrons. The van der Waals surface area contributed by atoms with E-state index in [4.69, 9.17) is 9.84 Å². The number of rotatable bonds is 4. The van der Waals surface area contributed by atoms with Crippen molar-refractivity contribution in [3.05, 3.63) is 65.9 Å². The van der Waals surface area contributed by atoms with Gasteiger partial charge in [-0.05, 0) is 23.8 Å². The lowest BCUT2D eigenvalue weighted by atomic mass is 10.1. The summed E-state index contributed by atoms with van der Waals surface area (Å²) < 4.78 is 5.70. The van der Waals surface area contributed by atoms with Gasteiger partial charge in [-0.3, -0.25) is 0 Å². The van der Waals surface area contributed by atoms with E-state index in [1.807, 2.05) is 42.5 Å². The van der Waals surface area contributed by atoms with Crippen LogP contribution in [-0.4, -0.2) is 16.1 Å². The van der Waals surface area contributed by atoms with Crippen molar-refractivity contribution in [3.63, 3.8) is 0 Å². The maximum atomic E-state index is 11.1. The van der Waals surface area contributed by atoms with Crippen LogP contribution in [0.3, 0.4) is 0 Å². The second-order valence-electron chi connectivity index (χ2n) is 4.49. The maximum absolute atomic E-state index is 11.1. The first kappa shape index (κ1) is 12.3. The Labute approximate surface area is 115 Å². The Balaban J connectivity index is 1.85. The van der Waals surface area contributed by atoms with Crippen molar-refractivity contribution >= 4 is 16.9 Å². The third-order valence-corrected chi connectivity index (χ3v) is 3.13. The van der Waals surface area contributed by atoms with Gasteiger partial charge in [-0.2, -0.15) is 0 Å². The molecule has 0 saturated carbocycles. The molecule has 0 fully saturated rings. The van der Waals surface area contributed by atoms with Crippen LogP contribution in [0.1, 0.15) is 15.9 Å². The van der Waals surface area contributed by atoms with Gasteiger partial charge >= 0.3 is 5.97 Å². The Morgan fingerprint density at radius 3 is 2.70 bits per heavy atom. The minimum atomic E-state index is -0.948. The third-order valence-electron chi connectivity index (χ3n) is 3.13. The monoisotopic (exact) mass is 267 g/mol. The van der Waals surface area contributed by atoms with Crippen LogP contribution in [0, 0.1) is 0 Å². The van der Waals surface area contributed by atoms with Crippen molar-refractivity contribution in [2.75, 3.05) is 0 Å². The number of hydrogen-bond donors (Lipinski definition) is 2. The van der Waals surface area contributed by atoms with E-state index in [0.29, 0.717) is 17.7 Å². The van der Waals surface area contributed by atoms with E-state index in [1.54, 1.807) is 6.07 Å². The highest BCUT2D eigenvalue weighted by atomic mass is 16.5. The Bertz CT molecular complexity index is 747. The summed E-state index contributed by atoms with van der Waals surface area (Å²) in [5, 5.41) is 9.77. The normalized spacial score (nSPS) is 10.6. The molecule has 3 aromatic rings. The lowest BCUT2D eigenvalue weighted by Gasteiger charge is -2.06. The van der Waals surface area contributed by atoms with Crippen LogP contribution in [0.4, 0.5) is 0 Å². The van der Waals surface area contributed by atoms with E-state index >= 15 is 0 Å². The van der Waals surface area contributed by atoms with Gasteiger partial charge in [0.25, 0.3) is 0 Å². The van der Waals surface area contributed by atoms with Crippen LogP contribution < -0.4 is 4.74 Å². The third kappa shape index (κ3) is 2.36. The molecule has 0 saturated heterocycles. The topological polar surface area (TPSA) is 62.3 Å². The van der Waals surface area contributed by atoms with Gasteiger partial charge in [-0.25, -0.2) is 4.79 Å². The largest absolute Gasteiger partial charge is 0.489 e. The van der Waals surface area contributed by atoms with Crippen LogP contribution in [0.2, 0.25) is 0 Å². The molecule has 3 rings (SSSR count). The van der Waals surface area contributed by atoms with Gasteiger partial charge in [-0.15, -0.1) is 0 Å². The van der Waals surface area contributed by atoms with Gasteiger partial charge < -0.3 is 14.8 Å². The van der Waals surface area contributed by atoms with Crippen molar-refractivity contribution < 1.29 is 14.6 Å². The molecular weight excluding hydrogens is 254 g/mol. The number of ether oxygens (including phenoxy) is 1. The van der Waals surface area contributed by atoms with Gasteiger partial charge in [0.15, 0.2) is 0 Å². The molecule has 1 heterocycles. The molecular formula is C16H13NO3. The van der Waals surface area contributed by atoms with E-state index in [2.05, 4.69) is 4.98 Å². The number of H-pyrrole nitrogens is 1. The number of aromatic amines is 1. The number of carboxylic acid groups (broad SMARTS) is 1. The maximum Gasteiger partial charge on any atom is 0.337 e. The number of aromatic nitrogens is 1. The molecule has 20 heavy (non-hydrogen) atoms. The summed E-state index contributed by atoms with van der Waals surface area (Å²) in [6.07, 6.45) is 1.49. The number of nitrogens with one attached hydrogen (secondary N) is 1. The van der Waals surface area contributed by atoms with Crippen LogP contribution in [0.5, 0.6) is 5.75 Å². The molecule has 0 bridgehead atoms. The summed E-state index contributed by atoms with van der Waals surface area (Å²) >= 11 is 0. The number of carboxylic acids is 1. The van der Waals surface area contributed by atoms with Crippen molar-refractivity contribution in [1.82, 2.24) is 4.98 Å². The Morgan fingerprint density at radius 1 is 1.15 bits per heavy atom. The van der Waals surface area contributed by atoms with E-state index in [0.717, 1.165) is 11.1 Å². The fourth-order valence-corrected chi connectivity index (χ4v) is 2.11. The van der Waals surface area contributed by atoms with Crippen molar-refractivity contribution in [2.45, 2.75) is 6.61 Å². The minimum Gasteiger partial charge on any atom is -0.489 e. The minimum absolute atomic E-state index is 0.255. The first-order valence-corrected chi connectivity index (χ1v) is 6.25. The van der Waals surface area contributed by atoms with Gasteiger partial charge in [-0.1, -0.05) is 30.3 Å². The zero-order chi connectivity index (χ0) is 13.9. The molecule has 0 radical (unpaired) electrons. The van der Waals surface area contributed by atoms with Crippen LogP contribution in [-0.2, 0) is 6.61 Å². The predicted octanol–water partition coefficient (Wildman–Crippen LogP) is 3.45. The van der Waals surface area contributed by atoms with Crippen LogP contribution in [0.25, 0.3) is 10.9 Å². The van der Waals surface area contributed by atoms with E-state index < -0.39 is 5.97 Å². The fraction of sp³-hybridized carbons (Fsp3) is 0.0625. The van der Waals surface area contributed by atoms with E-state index in [1.165, 1.54) is 6.20 Å². The molecule has 0 unspecified atom stereocenters. The predicted molar refractivity (Wildman–Crippen MR) is 76.0 cm³/mol. The zero-order valence-corrected chi connectivity index (χ0v) is 10.7. The number of carbonyl (C=O) groups is 1. The lowest BCUT2D eigenvalue weighted by Crippen LogP contribution is -1.96. The van der Waals surface area contributed by atoms with Gasteiger partial charge in [0.1, 0.15) is 12.4 Å². The Morgan fingerprint density at radius 2 is 1.95 bits per heavy atom. The van der Waals surface area contributed by atoms with E-state index in [9.17, 15) is 4.79 Å². The average Bonchev–Trinajstić information content (AvgIpc) is 2.89. The van der Waals surface area contributed by atoms with Gasteiger partial charge in [0.05, 0.1) is 5.56 Å². The highest BCUT2D eigenvalue weighted by molar-refractivity contribution is 6.03. The second kappa shape index (κ2) is 5.09. The summed E-state index contributed by atoms with van der Waals surface area (Å²) in [5.74, 6) is -0.292. The average molecular weight is 267 g/mol. The summed E-state index contributed by atoms with van der Waals surface area (Å²) in [7, 11) is 0. The first-order valence-electron chi connectivity index (χ1n) is 6.25. The molecule has 0 aliphatic rings. The number of hydrogen-bond acceptors (Lipinski definition) is 2. The Hall–Kier alpha value is -2.75. The number of fused-ring (bicyclic) bond motifs is 1. The first-order chi connectivity index (χ1) is 9.74. The molecule has 2 aromatic carbocycles. The van der Waals surface area contributed by atoms with Gasteiger partial charge in [0, 0.05) is 17.1 Å². The number of aromatic carboxylic acids is 1. The highest BCUT2D eigenvalue weighted by Crippen LogP contribution is 2.24. The fourth-order valence-electron chi connectivity index (χ4n) is 2.11. The van der Waals surface area contributed by atoms with Crippen molar-refractivity contribution in [2.24, 2.45) is 0 Å². The molecule has 0 aliphatic carbocycles. The quantitative estimate of drug-likeness (QED) is 0.761. The van der Waals surface area contributed by atoms with Crippen LogP contribution >= 0.6 is 0 Å². The lowest BCUT2D eigenvalue weighted by molar-refractivity contribution is 0.0699. The Kier molecular flexibility index (Phi) is 3.13.